The van der Waals surface area contributed by atoms with Gasteiger partial charge in [0, 0.05) is 6.61 Å². The van der Waals surface area contributed by atoms with Gasteiger partial charge in [-0.05, 0) is 36.8 Å². The van der Waals surface area contributed by atoms with Gasteiger partial charge in [0.2, 0.25) is 5.91 Å². The monoisotopic (exact) mass is 276 g/mol. The second-order valence-electron chi connectivity index (χ2n) is 5.64. The van der Waals surface area contributed by atoms with E-state index in [1.807, 2.05) is 31.2 Å². The van der Waals surface area contributed by atoms with Gasteiger partial charge < -0.3 is 4.74 Å². The van der Waals surface area contributed by atoms with Crippen LogP contribution >= 0.6 is 0 Å². The summed E-state index contributed by atoms with van der Waals surface area (Å²) in [5, 5.41) is 0. The van der Waals surface area contributed by atoms with E-state index in [0.29, 0.717) is 6.61 Å². The topological polar surface area (TPSA) is 64.4 Å². The fourth-order valence-electron chi connectivity index (χ4n) is 2.70. The molecule has 0 heterocycles. The molecule has 2 rings (SSSR count). The molecular formula is C16H24N2O2. The van der Waals surface area contributed by atoms with Gasteiger partial charge in [-0.3, -0.25) is 10.2 Å². The Morgan fingerprint density at radius 1 is 1.35 bits per heavy atom. The number of rotatable bonds is 6. The lowest BCUT2D eigenvalue weighted by atomic mass is 9.99. The predicted molar refractivity (Wildman–Crippen MR) is 78.8 cm³/mol. The van der Waals surface area contributed by atoms with Gasteiger partial charge >= 0.3 is 0 Å². The summed E-state index contributed by atoms with van der Waals surface area (Å²) in [6.07, 6.45) is 5.32. The van der Waals surface area contributed by atoms with Crippen LogP contribution in [0, 0.1) is 5.92 Å². The number of hydrogen-bond donors (Lipinski definition) is 2. The molecule has 3 N–H and O–H groups in total. The van der Waals surface area contributed by atoms with Gasteiger partial charge in [-0.25, -0.2) is 5.84 Å². The molecule has 1 aliphatic rings. The zero-order valence-electron chi connectivity index (χ0n) is 12.1. The van der Waals surface area contributed by atoms with Crippen LogP contribution in [-0.2, 0) is 16.1 Å². The van der Waals surface area contributed by atoms with Crippen LogP contribution in [0.5, 0.6) is 0 Å². The summed E-state index contributed by atoms with van der Waals surface area (Å²) in [5.41, 5.74) is 4.29. The zero-order valence-corrected chi connectivity index (χ0v) is 12.1. The maximum atomic E-state index is 11.5. The summed E-state index contributed by atoms with van der Waals surface area (Å²) < 4.78 is 5.77. The van der Waals surface area contributed by atoms with Crippen LogP contribution in [0.1, 0.15) is 49.7 Å². The minimum atomic E-state index is -0.228. The fourth-order valence-corrected chi connectivity index (χ4v) is 2.70. The highest BCUT2D eigenvalue weighted by Crippen LogP contribution is 2.25. The molecule has 0 radical (unpaired) electrons. The van der Waals surface area contributed by atoms with Gasteiger partial charge in [-0.2, -0.15) is 0 Å². The molecule has 1 fully saturated rings. The van der Waals surface area contributed by atoms with Gasteiger partial charge in [0.15, 0.2) is 0 Å². The second-order valence-corrected chi connectivity index (χ2v) is 5.64. The molecule has 1 amide bonds. The van der Waals surface area contributed by atoms with E-state index >= 15 is 0 Å². The number of hydrogen-bond acceptors (Lipinski definition) is 3. The Morgan fingerprint density at radius 3 is 2.60 bits per heavy atom. The third kappa shape index (κ3) is 4.05. The van der Waals surface area contributed by atoms with Crippen molar-refractivity contribution in [3.8, 4) is 0 Å². The van der Waals surface area contributed by atoms with Crippen LogP contribution in [0.25, 0.3) is 0 Å². The minimum Gasteiger partial charge on any atom is -0.376 e. The highest BCUT2D eigenvalue weighted by atomic mass is 16.5. The number of amides is 1. The van der Waals surface area contributed by atoms with Crippen LogP contribution in [0.3, 0.4) is 0 Å². The zero-order chi connectivity index (χ0) is 14.4. The lowest BCUT2D eigenvalue weighted by Gasteiger charge is -2.12. The molecule has 110 valence electrons. The maximum Gasteiger partial charge on any atom is 0.241 e. The van der Waals surface area contributed by atoms with Crippen molar-refractivity contribution in [3.63, 3.8) is 0 Å². The summed E-state index contributed by atoms with van der Waals surface area (Å²) >= 11 is 0. The first-order chi connectivity index (χ1) is 9.70. The first kappa shape index (κ1) is 15.0. The molecule has 1 aromatic carbocycles. The Bertz CT molecular complexity index is 425. The number of ether oxygens (including phenoxy) is 1. The summed E-state index contributed by atoms with van der Waals surface area (Å²) in [7, 11) is 0. The molecule has 0 aliphatic heterocycles. The first-order valence-corrected chi connectivity index (χ1v) is 7.37. The van der Waals surface area contributed by atoms with Crippen molar-refractivity contribution in [2.75, 3.05) is 6.61 Å². The molecule has 4 heteroatoms. The molecule has 4 nitrogen and oxygen atoms in total. The van der Waals surface area contributed by atoms with Crippen molar-refractivity contribution in [3.05, 3.63) is 35.4 Å². The summed E-state index contributed by atoms with van der Waals surface area (Å²) in [6, 6.07) is 7.97. The van der Waals surface area contributed by atoms with E-state index < -0.39 is 0 Å². The molecule has 1 atom stereocenters. The normalized spacial score (nSPS) is 17.1. The van der Waals surface area contributed by atoms with E-state index in [4.69, 9.17) is 10.6 Å². The highest BCUT2D eigenvalue weighted by Gasteiger charge is 2.15. The number of benzene rings is 1. The fraction of sp³-hybridized carbons (Fsp3) is 0.562. The van der Waals surface area contributed by atoms with E-state index in [0.717, 1.165) is 23.7 Å². The largest absolute Gasteiger partial charge is 0.376 e. The van der Waals surface area contributed by atoms with Crippen molar-refractivity contribution in [2.45, 2.75) is 45.1 Å². The van der Waals surface area contributed by atoms with Crippen molar-refractivity contribution >= 4 is 5.91 Å². The van der Waals surface area contributed by atoms with E-state index in [1.54, 1.807) is 0 Å². The summed E-state index contributed by atoms with van der Waals surface area (Å²) in [6.45, 7) is 3.36. The van der Waals surface area contributed by atoms with Crippen molar-refractivity contribution < 1.29 is 9.53 Å². The number of carbonyl (C=O) groups excluding carboxylic acids is 1. The van der Waals surface area contributed by atoms with Crippen molar-refractivity contribution in [1.82, 2.24) is 5.43 Å². The maximum absolute atomic E-state index is 11.5. The number of hydrazine groups is 1. The average molecular weight is 276 g/mol. The molecule has 20 heavy (non-hydrogen) atoms. The van der Waals surface area contributed by atoms with Gasteiger partial charge in [-0.15, -0.1) is 0 Å². The Balaban J connectivity index is 1.80. The van der Waals surface area contributed by atoms with E-state index in [1.165, 1.54) is 25.7 Å². The quantitative estimate of drug-likeness (QED) is 0.476. The molecule has 1 aliphatic carbocycles. The second kappa shape index (κ2) is 7.41. The van der Waals surface area contributed by atoms with Crippen LogP contribution in [0.2, 0.25) is 0 Å². The predicted octanol–water partition coefficient (Wildman–Crippen LogP) is 2.49. The number of nitrogens with two attached hydrogens (primary N) is 1. The van der Waals surface area contributed by atoms with Crippen molar-refractivity contribution in [2.24, 2.45) is 11.8 Å². The smallest absolute Gasteiger partial charge is 0.241 e. The lowest BCUT2D eigenvalue weighted by molar-refractivity contribution is -0.122. The van der Waals surface area contributed by atoms with Crippen LogP contribution < -0.4 is 11.3 Å². The van der Waals surface area contributed by atoms with Gasteiger partial charge in [-0.1, -0.05) is 37.1 Å². The lowest BCUT2D eigenvalue weighted by Crippen LogP contribution is -2.33. The Hall–Kier alpha value is -1.39. The Morgan fingerprint density at radius 2 is 2.00 bits per heavy atom. The molecule has 0 spiro atoms. The SMILES string of the molecule is CC(C(=O)NN)c1ccc(COCC2CCCC2)cc1. The van der Waals surface area contributed by atoms with E-state index in [9.17, 15) is 4.79 Å². The van der Waals surface area contributed by atoms with Gasteiger partial charge in [0.05, 0.1) is 12.5 Å². The molecule has 1 unspecified atom stereocenters. The third-order valence-electron chi connectivity index (χ3n) is 4.11. The molecule has 1 aromatic rings. The molecule has 0 aromatic heterocycles. The third-order valence-corrected chi connectivity index (χ3v) is 4.11. The first-order valence-electron chi connectivity index (χ1n) is 7.37. The van der Waals surface area contributed by atoms with E-state index in [2.05, 4.69) is 5.43 Å². The molecular weight excluding hydrogens is 252 g/mol. The Labute approximate surface area is 120 Å². The summed E-state index contributed by atoms with van der Waals surface area (Å²) in [5.74, 6) is 5.50. The summed E-state index contributed by atoms with van der Waals surface area (Å²) in [4.78, 5) is 11.5. The minimum absolute atomic E-state index is 0.171. The van der Waals surface area contributed by atoms with Gasteiger partial charge in [0.1, 0.15) is 0 Å². The molecule has 1 saturated carbocycles. The van der Waals surface area contributed by atoms with Crippen LogP contribution in [0.15, 0.2) is 24.3 Å². The van der Waals surface area contributed by atoms with Crippen molar-refractivity contribution in [1.29, 1.82) is 0 Å². The molecule has 0 saturated heterocycles. The van der Waals surface area contributed by atoms with Crippen LogP contribution in [0.4, 0.5) is 0 Å². The highest BCUT2D eigenvalue weighted by molar-refractivity contribution is 5.82. The number of nitrogens with one attached hydrogen (secondary N) is 1. The average Bonchev–Trinajstić information content (AvgIpc) is 2.99. The molecule has 0 bridgehead atoms. The Kier molecular flexibility index (Phi) is 5.56. The van der Waals surface area contributed by atoms with Gasteiger partial charge in [0.25, 0.3) is 0 Å². The standard InChI is InChI=1S/C16H24N2O2/c1-12(16(19)18-17)15-8-6-14(7-9-15)11-20-10-13-4-2-3-5-13/h6-9,12-13H,2-5,10-11,17H2,1H3,(H,18,19). The number of carbonyl (C=O) groups is 1. The van der Waals surface area contributed by atoms with E-state index in [-0.39, 0.29) is 11.8 Å². The van der Waals surface area contributed by atoms with Crippen LogP contribution in [-0.4, -0.2) is 12.5 Å².